The summed E-state index contributed by atoms with van der Waals surface area (Å²) in [6.07, 6.45) is 0.503. The van der Waals surface area contributed by atoms with Gasteiger partial charge in [-0.3, -0.25) is 4.79 Å². The van der Waals surface area contributed by atoms with Gasteiger partial charge in [0.05, 0.1) is 5.69 Å². The predicted molar refractivity (Wildman–Crippen MR) is 84.1 cm³/mol. The summed E-state index contributed by atoms with van der Waals surface area (Å²) in [4.78, 5) is 10.6. The Morgan fingerprint density at radius 1 is 1.18 bits per heavy atom. The van der Waals surface area contributed by atoms with Crippen molar-refractivity contribution < 1.29 is 13.6 Å². The molecule has 112 valence electrons. The first-order valence-electron chi connectivity index (χ1n) is 6.88. The van der Waals surface area contributed by atoms with Gasteiger partial charge in [-0.05, 0) is 24.7 Å². The van der Waals surface area contributed by atoms with Crippen LogP contribution in [-0.2, 0) is 11.3 Å². The minimum Gasteiger partial charge on any atom is -0.454 e. The number of anilines is 1. The quantitative estimate of drug-likeness (QED) is 0.709. The molecule has 0 aliphatic carbocycles. The topological polar surface area (TPSA) is 54.3 Å². The van der Waals surface area contributed by atoms with Crippen LogP contribution in [0.3, 0.4) is 0 Å². The van der Waals surface area contributed by atoms with Crippen molar-refractivity contribution >= 4 is 23.1 Å². The van der Waals surface area contributed by atoms with Gasteiger partial charge < -0.3 is 15.1 Å². The maximum absolute atomic E-state index is 13.6. The summed E-state index contributed by atoms with van der Waals surface area (Å²) >= 11 is 0. The van der Waals surface area contributed by atoms with Crippen molar-refractivity contribution in [3.05, 3.63) is 53.8 Å². The first kappa shape index (κ1) is 14.3. The van der Waals surface area contributed by atoms with Crippen molar-refractivity contribution in [3.63, 3.8) is 0 Å². The highest BCUT2D eigenvalue weighted by Crippen LogP contribution is 2.33. The van der Waals surface area contributed by atoms with Crippen molar-refractivity contribution in [2.24, 2.45) is 0 Å². The standard InChI is InChI=1S/C17H15FN2O2/c1-19-9-11-2-4-12(5-3-11)16-7-13-6-14(18)8-15(20-10-21)17(13)22-16/h2-8,10,19H,9H2,1H3,(H,20,21). The minimum absolute atomic E-state index is 0.322. The van der Waals surface area contributed by atoms with E-state index in [9.17, 15) is 9.18 Å². The molecule has 0 aliphatic rings. The summed E-state index contributed by atoms with van der Waals surface area (Å²) in [6.45, 7) is 0.791. The van der Waals surface area contributed by atoms with Gasteiger partial charge in [-0.15, -0.1) is 0 Å². The molecule has 0 saturated carbocycles. The van der Waals surface area contributed by atoms with Gasteiger partial charge in [-0.1, -0.05) is 24.3 Å². The van der Waals surface area contributed by atoms with Gasteiger partial charge >= 0.3 is 0 Å². The number of hydrogen-bond acceptors (Lipinski definition) is 3. The third kappa shape index (κ3) is 2.71. The van der Waals surface area contributed by atoms with Crippen LogP contribution in [0.15, 0.2) is 46.9 Å². The summed E-state index contributed by atoms with van der Waals surface area (Å²) in [6, 6.07) is 12.3. The lowest BCUT2D eigenvalue weighted by Gasteiger charge is -2.02. The van der Waals surface area contributed by atoms with E-state index in [0.29, 0.717) is 28.8 Å². The number of amides is 1. The van der Waals surface area contributed by atoms with Crippen LogP contribution in [0.25, 0.3) is 22.3 Å². The highest BCUT2D eigenvalue weighted by atomic mass is 19.1. The lowest BCUT2D eigenvalue weighted by molar-refractivity contribution is -0.105. The van der Waals surface area contributed by atoms with Crippen molar-refractivity contribution in [1.29, 1.82) is 0 Å². The Morgan fingerprint density at radius 3 is 2.64 bits per heavy atom. The first-order chi connectivity index (χ1) is 10.7. The Labute approximate surface area is 126 Å². The predicted octanol–water partition coefficient (Wildman–Crippen LogP) is 3.53. The van der Waals surface area contributed by atoms with E-state index in [4.69, 9.17) is 4.42 Å². The summed E-state index contributed by atoms with van der Waals surface area (Å²) in [5.74, 6) is 0.208. The zero-order valence-corrected chi connectivity index (χ0v) is 12.0. The van der Waals surface area contributed by atoms with E-state index < -0.39 is 5.82 Å². The van der Waals surface area contributed by atoms with Crippen molar-refractivity contribution in [3.8, 4) is 11.3 Å². The van der Waals surface area contributed by atoms with Crippen molar-refractivity contribution in [1.82, 2.24) is 5.32 Å². The number of hydrogen-bond donors (Lipinski definition) is 2. The fraction of sp³-hybridized carbons (Fsp3) is 0.118. The molecule has 2 N–H and O–H groups in total. The molecular weight excluding hydrogens is 283 g/mol. The van der Waals surface area contributed by atoms with E-state index in [1.54, 1.807) is 6.07 Å². The smallest absolute Gasteiger partial charge is 0.211 e. The molecule has 0 bridgehead atoms. The normalized spacial score (nSPS) is 10.8. The highest BCUT2D eigenvalue weighted by molar-refractivity contribution is 5.95. The zero-order chi connectivity index (χ0) is 15.5. The summed E-state index contributed by atoms with van der Waals surface area (Å²) in [5.41, 5.74) is 2.84. The molecule has 0 spiro atoms. The van der Waals surface area contributed by atoms with Gasteiger partial charge in [-0.2, -0.15) is 0 Å². The van der Waals surface area contributed by atoms with Crippen LogP contribution >= 0.6 is 0 Å². The Balaban J connectivity index is 2.04. The summed E-state index contributed by atoms with van der Waals surface area (Å²) < 4.78 is 19.4. The second-order valence-corrected chi connectivity index (χ2v) is 4.97. The van der Waals surface area contributed by atoms with E-state index in [1.165, 1.54) is 12.1 Å². The van der Waals surface area contributed by atoms with Crippen LogP contribution in [0.2, 0.25) is 0 Å². The number of benzene rings is 2. The lowest BCUT2D eigenvalue weighted by Crippen LogP contribution is -2.04. The number of fused-ring (bicyclic) bond motifs is 1. The third-order valence-electron chi connectivity index (χ3n) is 3.41. The number of rotatable bonds is 5. The number of nitrogens with one attached hydrogen (secondary N) is 2. The minimum atomic E-state index is -0.423. The van der Waals surface area contributed by atoms with Crippen LogP contribution in [-0.4, -0.2) is 13.5 Å². The third-order valence-corrected chi connectivity index (χ3v) is 3.41. The van der Waals surface area contributed by atoms with Crippen LogP contribution < -0.4 is 10.6 Å². The number of carbonyl (C=O) groups excluding carboxylic acids is 1. The van der Waals surface area contributed by atoms with Crippen LogP contribution in [0.1, 0.15) is 5.56 Å². The SMILES string of the molecule is CNCc1ccc(-c2cc3cc(F)cc(NC=O)c3o2)cc1. The van der Waals surface area contributed by atoms with E-state index in [1.807, 2.05) is 31.3 Å². The van der Waals surface area contributed by atoms with Crippen LogP contribution in [0, 0.1) is 5.82 Å². The lowest BCUT2D eigenvalue weighted by atomic mass is 10.1. The molecule has 3 aromatic rings. The molecule has 0 saturated heterocycles. The molecule has 0 fully saturated rings. The van der Waals surface area contributed by atoms with Gasteiger partial charge in [0.15, 0.2) is 5.58 Å². The van der Waals surface area contributed by atoms with E-state index >= 15 is 0 Å². The molecule has 0 atom stereocenters. The largest absolute Gasteiger partial charge is 0.454 e. The van der Waals surface area contributed by atoms with Gasteiger partial charge in [0.25, 0.3) is 0 Å². The van der Waals surface area contributed by atoms with Crippen molar-refractivity contribution in [2.45, 2.75) is 6.54 Å². The fourth-order valence-electron chi connectivity index (χ4n) is 2.42. The highest BCUT2D eigenvalue weighted by Gasteiger charge is 2.12. The second kappa shape index (κ2) is 5.99. The Morgan fingerprint density at radius 2 is 1.95 bits per heavy atom. The fourth-order valence-corrected chi connectivity index (χ4v) is 2.42. The van der Waals surface area contributed by atoms with E-state index in [0.717, 1.165) is 17.7 Å². The van der Waals surface area contributed by atoms with Gasteiger partial charge in [-0.25, -0.2) is 4.39 Å². The Bertz CT molecular complexity index is 809. The van der Waals surface area contributed by atoms with E-state index in [2.05, 4.69) is 10.6 Å². The monoisotopic (exact) mass is 298 g/mol. The molecule has 5 heteroatoms. The molecule has 1 aromatic heterocycles. The zero-order valence-electron chi connectivity index (χ0n) is 12.0. The number of halogens is 1. The molecule has 0 aliphatic heterocycles. The van der Waals surface area contributed by atoms with Crippen LogP contribution in [0.4, 0.5) is 10.1 Å². The summed E-state index contributed by atoms with van der Waals surface area (Å²) in [5, 5.41) is 6.16. The molecule has 0 unspecified atom stereocenters. The van der Waals surface area contributed by atoms with Crippen molar-refractivity contribution in [2.75, 3.05) is 12.4 Å². The maximum Gasteiger partial charge on any atom is 0.211 e. The van der Waals surface area contributed by atoms with Crippen LogP contribution in [0.5, 0.6) is 0 Å². The van der Waals surface area contributed by atoms with E-state index in [-0.39, 0.29) is 0 Å². The van der Waals surface area contributed by atoms with Gasteiger partial charge in [0, 0.05) is 23.6 Å². The Hall–Kier alpha value is -2.66. The first-order valence-corrected chi connectivity index (χ1v) is 6.88. The summed E-state index contributed by atoms with van der Waals surface area (Å²) in [7, 11) is 1.89. The Kier molecular flexibility index (Phi) is 3.89. The second-order valence-electron chi connectivity index (χ2n) is 4.97. The van der Waals surface area contributed by atoms with Gasteiger partial charge in [0.1, 0.15) is 11.6 Å². The number of carbonyl (C=O) groups is 1. The molecule has 3 rings (SSSR count). The number of furan rings is 1. The van der Waals surface area contributed by atoms with Gasteiger partial charge in [0.2, 0.25) is 6.41 Å². The average molecular weight is 298 g/mol. The average Bonchev–Trinajstić information content (AvgIpc) is 2.92. The molecule has 22 heavy (non-hydrogen) atoms. The molecule has 0 radical (unpaired) electrons. The maximum atomic E-state index is 13.6. The molecule has 1 heterocycles. The molecule has 2 aromatic carbocycles. The molecule has 4 nitrogen and oxygen atoms in total. The molecular formula is C17H15FN2O2. The molecule has 1 amide bonds.